The molecular weight excluding hydrogens is 657 g/mol. The van der Waals surface area contributed by atoms with E-state index in [9.17, 15) is 0 Å². The topological polar surface area (TPSA) is 57.4 Å². The molecule has 54 heavy (non-hydrogen) atoms. The number of hydrogen-bond acceptors (Lipinski definition) is 2. The van der Waals surface area contributed by atoms with Crippen LogP contribution < -0.4 is 0 Å². The number of aromatic nitrogens is 4. The van der Waals surface area contributed by atoms with Gasteiger partial charge in [0.15, 0.2) is 0 Å². The van der Waals surface area contributed by atoms with E-state index < -0.39 is 0 Å². The maximum Gasteiger partial charge on any atom is 0.0699 e. The Morgan fingerprint density at radius 1 is 0.352 bits per heavy atom. The molecule has 4 heteroatoms. The summed E-state index contributed by atoms with van der Waals surface area (Å²) in [5.41, 5.74) is 27.1. The summed E-state index contributed by atoms with van der Waals surface area (Å²) in [6.07, 6.45) is 7.11. The van der Waals surface area contributed by atoms with Crippen molar-refractivity contribution in [3.8, 4) is 0 Å². The van der Waals surface area contributed by atoms with Gasteiger partial charge in [-0.2, -0.15) is 0 Å². The quantitative estimate of drug-likeness (QED) is 0.166. The summed E-state index contributed by atoms with van der Waals surface area (Å²) in [6.45, 7) is 0. The van der Waals surface area contributed by atoms with Gasteiger partial charge in [0.25, 0.3) is 0 Å². The van der Waals surface area contributed by atoms with Gasteiger partial charge in [0.05, 0.1) is 22.8 Å². The van der Waals surface area contributed by atoms with E-state index in [-0.39, 0.29) is 0 Å². The zero-order chi connectivity index (χ0) is 34.8. The number of H-pyrrole nitrogens is 2. The highest BCUT2D eigenvalue weighted by molar-refractivity contribution is 6.03. The lowest BCUT2D eigenvalue weighted by Crippen LogP contribution is -2.23. The molecular formula is C50H38N4. The average Bonchev–Trinajstić information content (AvgIpc) is 4.01. The molecule has 0 spiro atoms. The fraction of sp³-hybridized carbons (Fsp3) is 0.240. The number of nitrogens with zero attached hydrogens (tertiary/aromatic N) is 2. The molecule has 2 N–H and O–H groups in total. The molecule has 0 saturated heterocycles. The van der Waals surface area contributed by atoms with Crippen LogP contribution in [-0.2, 0) is 0 Å². The van der Waals surface area contributed by atoms with E-state index in [1.54, 1.807) is 0 Å². The molecule has 0 radical (unpaired) electrons. The fourth-order valence-electron chi connectivity index (χ4n) is 12.8. The van der Waals surface area contributed by atoms with Crippen molar-refractivity contribution >= 4 is 44.4 Å². The number of rotatable bonds is 0. The second kappa shape index (κ2) is 10.1. The highest BCUT2D eigenvalue weighted by Crippen LogP contribution is 2.62. The minimum atomic E-state index is 0.377. The standard InChI is InChI=1S/C50H38N4/c1-3-9-29-27(7-1)33-15-17-35(29)47-41-23-43-49-37-19-20-38(32-12-6-5-11-31(32)37)50(49)44(54-43)24-42-48-36-18-16-34(28-8-2-4-10-30(28)36)46(48)40(53-42)22-26-14-13-25(51-26)21-39(52-41)45(33)47/h1-14,21-24,33-38,51,54H,15-20H2. The maximum absolute atomic E-state index is 5.61. The minimum Gasteiger partial charge on any atom is -0.355 e. The van der Waals surface area contributed by atoms with Crippen molar-refractivity contribution in [2.75, 3.05) is 0 Å². The monoisotopic (exact) mass is 694 g/mol. The molecule has 5 heterocycles. The third-order valence-electron chi connectivity index (χ3n) is 14.7. The van der Waals surface area contributed by atoms with Crippen LogP contribution in [-0.4, -0.2) is 19.9 Å². The van der Waals surface area contributed by atoms with E-state index in [1.165, 1.54) is 116 Å². The normalized spacial score (nSPS) is 25.9. The maximum atomic E-state index is 5.61. The van der Waals surface area contributed by atoms with Crippen LogP contribution in [0.15, 0.2) is 109 Å². The van der Waals surface area contributed by atoms with Crippen LogP contribution in [0.25, 0.3) is 44.4 Å². The number of hydrogen-bond donors (Lipinski definition) is 2. The van der Waals surface area contributed by atoms with Gasteiger partial charge in [-0.05, 0) is 142 Å². The van der Waals surface area contributed by atoms with Gasteiger partial charge in [-0.3, -0.25) is 0 Å². The van der Waals surface area contributed by atoms with E-state index in [4.69, 9.17) is 9.97 Å². The van der Waals surface area contributed by atoms with Crippen LogP contribution in [0, 0.1) is 0 Å². The Bertz CT molecular complexity index is 2760. The third kappa shape index (κ3) is 3.56. The Hall–Kier alpha value is -5.74. The van der Waals surface area contributed by atoms with E-state index in [2.05, 4.69) is 119 Å². The molecule has 258 valence electrons. The van der Waals surface area contributed by atoms with Gasteiger partial charge in [0, 0.05) is 57.6 Å². The van der Waals surface area contributed by atoms with Crippen molar-refractivity contribution in [2.24, 2.45) is 0 Å². The van der Waals surface area contributed by atoms with E-state index in [0.717, 1.165) is 33.8 Å². The Morgan fingerprint density at radius 2 is 0.667 bits per heavy atom. The largest absolute Gasteiger partial charge is 0.355 e. The fourth-order valence-corrected chi connectivity index (χ4v) is 12.8. The Balaban J connectivity index is 1.10. The summed E-state index contributed by atoms with van der Waals surface area (Å²) in [7, 11) is 0. The summed E-state index contributed by atoms with van der Waals surface area (Å²) in [5, 5.41) is 0. The Labute approximate surface area is 313 Å². The van der Waals surface area contributed by atoms with Crippen molar-refractivity contribution in [2.45, 2.75) is 74.0 Å². The molecule has 11 aliphatic rings. The molecule has 0 saturated carbocycles. The van der Waals surface area contributed by atoms with E-state index in [0.29, 0.717) is 35.5 Å². The average molecular weight is 695 g/mol. The minimum absolute atomic E-state index is 0.377. The zero-order valence-electron chi connectivity index (χ0n) is 30.0. The van der Waals surface area contributed by atoms with Crippen LogP contribution in [0.1, 0.15) is 141 Å². The van der Waals surface area contributed by atoms with E-state index >= 15 is 0 Å². The summed E-state index contributed by atoms with van der Waals surface area (Å²) in [6, 6.07) is 41.7. The van der Waals surface area contributed by atoms with Crippen molar-refractivity contribution < 1.29 is 0 Å². The Morgan fingerprint density at radius 3 is 1.04 bits per heavy atom. The van der Waals surface area contributed by atoms with Gasteiger partial charge in [0.1, 0.15) is 0 Å². The first-order chi connectivity index (χ1) is 26.7. The van der Waals surface area contributed by atoms with E-state index in [1.807, 2.05) is 0 Å². The molecule has 3 aromatic heterocycles. The molecule has 0 fully saturated rings. The van der Waals surface area contributed by atoms with Crippen LogP contribution >= 0.6 is 0 Å². The highest BCUT2D eigenvalue weighted by atomic mass is 14.8. The number of benzene rings is 3. The third-order valence-corrected chi connectivity index (χ3v) is 14.7. The van der Waals surface area contributed by atoms with Crippen molar-refractivity contribution in [3.63, 3.8) is 0 Å². The van der Waals surface area contributed by atoms with Crippen LogP contribution in [0.4, 0.5) is 0 Å². The number of aromatic amines is 2. The number of nitrogens with one attached hydrogen (secondary N) is 2. The van der Waals surface area contributed by atoms with Gasteiger partial charge in [-0.15, -0.1) is 0 Å². The molecule has 6 aromatic rings. The van der Waals surface area contributed by atoms with Crippen LogP contribution in [0.3, 0.4) is 0 Å². The molecule has 2 aliphatic heterocycles. The predicted molar refractivity (Wildman–Crippen MR) is 216 cm³/mol. The van der Waals surface area contributed by atoms with Crippen LogP contribution in [0.5, 0.6) is 0 Å². The lowest BCUT2D eigenvalue weighted by atomic mass is 9.63. The SMILES string of the molecule is c1ccc2c(c1)C1CCC2C2=C1c1cc3ccc(cc4nc(cc5[nH]c(cc2n1)c1c5C2CCC1c1ccccc12)C1=C4C2CCC1c1ccccc12)[nH]3. The molecule has 6 unspecified atom stereocenters. The van der Waals surface area contributed by atoms with Crippen molar-refractivity contribution in [3.05, 3.63) is 176 Å². The number of allylic oxidation sites excluding steroid dienone is 4. The van der Waals surface area contributed by atoms with Crippen LogP contribution in [0.2, 0.25) is 0 Å². The Kier molecular flexibility index (Phi) is 5.35. The molecule has 6 atom stereocenters. The summed E-state index contributed by atoms with van der Waals surface area (Å²) < 4.78 is 0. The molecule has 14 bridgehead atoms. The first-order valence-corrected chi connectivity index (χ1v) is 20.3. The summed E-state index contributed by atoms with van der Waals surface area (Å²) in [4.78, 5) is 19.1. The molecule has 4 nitrogen and oxygen atoms in total. The number of fused-ring (bicyclic) bond motifs is 11. The smallest absolute Gasteiger partial charge is 0.0699 e. The van der Waals surface area contributed by atoms with Gasteiger partial charge < -0.3 is 9.97 Å². The lowest BCUT2D eigenvalue weighted by Gasteiger charge is -2.40. The van der Waals surface area contributed by atoms with Gasteiger partial charge in [-0.25, -0.2) is 9.97 Å². The first kappa shape index (κ1) is 28.7. The van der Waals surface area contributed by atoms with Gasteiger partial charge >= 0.3 is 0 Å². The zero-order valence-corrected chi connectivity index (χ0v) is 30.0. The van der Waals surface area contributed by atoms with Gasteiger partial charge in [0.2, 0.25) is 0 Å². The molecule has 0 amide bonds. The predicted octanol–water partition coefficient (Wildman–Crippen LogP) is 11.9. The van der Waals surface area contributed by atoms with Gasteiger partial charge in [-0.1, -0.05) is 72.8 Å². The highest BCUT2D eigenvalue weighted by Gasteiger charge is 2.46. The molecule has 17 rings (SSSR count). The molecule has 9 aliphatic carbocycles. The lowest BCUT2D eigenvalue weighted by molar-refractivity contribution is 0.527. The second-order valence-corrected chi connectivity index (χ2v) is 17.1. The summed E-state index contributed by atoms with van der Waals surface area (Å²) >= 11 is 0. The first-order valence-electron chi connectivity index (χ1n) is 20.3. The van der Waals surface area contributed by atoms with Crippen molar-refractivity contribution in [1.82, 2.24) is 19.9 Å². The second-order valence-electron chi connectivity index (χ2n) is 17.1. The summed E-state index contributed by atoms with van der Waals surface area (Å²) in [5.74, 6) is 2.28. The molecule has 3 aromatic carbocycles. The van der Waals surface area contributed by atoms with Crippen molar-refractivity contribution in [1.29, 1.82) is 0 Å².